The molecule has 103 heavy (non-hydrogen) atoms. The SMILES string of the molecule is c1ccc(-n2c3ccccc3c3cc(-c4ccc(N(c5ccc6oc7cc8c9ccc(N(c%10ccc(-c%11ccc%12c(c%11)c%11ccccc%11n%12-c%11ccccc%11)cc%10)c%10cccc%11c%10sc%10ccccc%10%11)cc9c9ccccc9c8cc7c6c5)c5cccc6c5sc5ccccc56)cc4)ccc32)cc1. The molecule has 0 bridgehead atoms. The number of aromatic nitrogens is 2. The summed E-state index contributed by atoms with van der Waals surface area (Å²) in [5.41, 5.74) is 20.0. The van der Waals surface area contributed by atoms with Gasteiger partial charge < -0.3 is 23.4 Å². The van der Waals surface area contributed by atoms with Gasteiger partial charge >= 0.3 is 0 Å². The number of hydrogen-bond acceptors (Lipinski definition) is 5. The van der Waals surface area contributed by atoms with Gasteiger partial charge in [-0.1, -0.05) is 200 Å². The van der Waals surface area contributed by atoms with Crippen molar-refractivity contribution in [2.45, 2.75) is 0 Å². The van der Waals surface area contributed by atoms with E-state index in [4.69, 9.17) is 4.42 Å². The van der Waals surface area contributed by atoms with Crippen LogP contribution in [0.25, 0.3) is 172 Å². The molecule has 5 aromatic heterocycles. The Kier molecular flexibility index (Phi) is 12.8. The lowest BCUT2D eigenvalue weighted by atomic mass is 9.92. The maximum Gasteiger partial charge on any atom is 0.136 e. The van der Waals surface area contributed by atoms with Crippen LogP contribution in [-0.2, 0) is 0 Å². The first-order valence-electron chi connectivity index (χ1n) is 35.1. The standard InChI is InChI=1S/C96H58N4OS2/c1-3-19-63(20-4-1)99-85-31-13-9-25-72(85)81-53-61(41-50-87(81)99)59-37-43-65(44-38-59)97(89-33-17-29-76-74-27-11-15-35-93(74)102-95(76)89)67-47-49-71-78(55-67)69-23-7-8-24-70(69)79-57-84-83-56-68(48-52-91(83)101-92(84)58-80(71)79)98(90-34-18-30-77-75-28-12-16-36-94(75)103-96(77)90)66-45-39-60(40-46-66)62-42-51-88-82(54-62)73-26-10-14-32-86(73)100(88)64-21-5-2-6-22-64/h1-58H. The molecule has 480 valence electrons. The molecule has 0 unspecified atom stereocenters. The van der Waals surface area contributed by atoms with E-state index in [1.54, 1.807) is 0 Å². The van der Waals surface area contributed by atoms with Crippen molar-refractivity contribution >= 4 is 195 Å². The predicted molar refractivity (Wildman–Crippen MR) is 441 cm³/mol. The second-order valence-corrected chi connectivity index (χ2v) is 29.2. The highest BCUT2D eigenvalue weighted by atomic mass is 32.1. The largest absolute Gasteiger partial charge is 0.456 e. The Bertz CT molecular complexity index is 7240. The van der Waals surface area contributed by atoms with Crippen molar-refractivity contribution < 1.29 is 4.42 Å². The van der Waals surface area contributed by atoms with Gasteiger partial charge in [0.05, 0.1) is 42.8 Å². The Morgan fingerprint density at radius 2 is 0.592 bits per heavy atom. The molecule has 0 amide bonds. The maximum absolute atomic E-state index is 7.04. The molecule has 17 aromatic carbocycles. The van der Waals surface area contributed by atoms with Gasteiger partial charge in [0.2, 0.25) is 0 Å². The van der Waals surface area contributed by atoms with Gasteiger partial charge in [0.15, 0.2) is 0 Å². The van der Waals surface area contributed by atoms with E-state index in [0.29, 0.717) is 0 Å². The summed E-state index contributed by atoms with van der Waals surface area (Å²) >= 11 is 3.72. The first kappa shape index (κ1) is 57.8. The quantitative estimate of drug-likeness (QED) is 0.128. The average molecular weight is 1350 g/mol. The summed E-state index contributed by atoms with van der Waals surface area (Å²) in [5, 5.41) is 19.2. The molecule has 0 N–H and O–H groups in total. The van der Waals surface area contributed by atoms with Crippen LogP contribution >= 0.6 is 22.7 Å². The first-order chi connectivity index (χ1) is 51.1. The normalized spacial score (nSPS) is 12.1. The highest BCUT2D eigenvalue weighted by Crippen LogP contribution is 2.51. The number of rotatable bonds is 10. The fourth-order valence-electron chi connectivity index (χ4n) is 16.8. The Hall–Kier alpha value is -13.0. The van der Waals surface area contributed by atoms with Crippen LogP contribution in [0.4, 0.5) is 34.1 Å². The molecule has 5 nitrogen and oxygen atoms in total. The molecule has 0 radical (unpaired) electrons. The zero-order chi connectivity index (χ0) is 67.4. The van der Waals surface area contributed by atoms with Crippen LogP contribution in [0.15, 0.2) is 356 Å². The number of para-hydroxylation sites is 4. The summed E-state index contributed by atoms with van der Waals surface area (Å²) in [6.07, 6.45) is 0. The van der Waals surface area contributed by atoms with Crippen molar-refractivity contribution in [3.63, 3.8) is 0 Å². The molecule has 0 aliphatic carbocycles. The summed E-state index contributed by atoms with van der Waals surface area (Å²) in [7, 11) is 0. The fraction of sp³-hybridized carbons (Fsp3) is 0. The third-order valence-corrected chi connectivity index (χ3v) is 23.9. The lowest BCUT2D eigenvalue weighted by Gasteiger charge is -2.27. The number of fused-ring (bicyclic) bond motifs is 21. The molecule has 0 aliphatic heterocycles. The first-order valence-corrected chi connectivity index (χ1v) is 36.7. The van der Waals surface area contributed by atoms with Gasteiger partial charge in [-0.25, -0.2) is 0 Å². The Labute approximate surface area is 599 Å². The molecule has 0 spiro atoms. The van der Waals surface area contributed by atoms with Crippen molar-refractivity contribution in [1.29, 1.82) is 0 Å². The van der Waals surface area contributed by atoms with Crippen molar-refractivity contribution in [3.05, 3.63) is 352 Å². The number of hydrogen-bond donors (Lipinski definition) is 0. The van der Waals surface area contributed by atoms with Crippen LogP contribution in [0.3, 0.4) is 0 Å². The zero-order valence-corrected chi connectivity index (χ0v) is 57.1. The van der Waals surface area contributed by atoms with E-state index in [9.17, 15) is 0 Å². The van der Waals surface area contributed by atoms with Gasteiger partial charge in [-0.3, -0.25) is 0 Å². The molecule has 0 aliphatic rings. The van der Waals surface area contributed by atoms with Crippen LogP contribution in [0.5, 0.6) is 0 Å². The van der Waals surface area contributed by atoms with Crippen LogP contribution in [0.2, 0.25) is 0 Å². The van der Waals surface area contributed by atoms with E-state index in [0.717, 1.165) is 84.0 Å². The van der Waals surface area contributed by atoms with E-state index in [1.165, 1.54) is 122 Å². The summed E-state index contributed by atoms with van der Waals surface area (Å²) in [6.45, 7) is 0. The maximum atomic E-state index is 7.04. The highest BCUT2D eigenvalue weighted by molar-refractivity contribution is 7.26. The van der Waals surface area contributed by atoms with Gasteiger partial charge in [-0.2, -0.15) is 0 Å². The molecule has 0 saturated heterocycles. The van der Waals surface area contributed by atoms with Gasteiger partial charge in [0.25, 0.3) is 0 Å². The Morgan fingerprint density at radius 3 is 1.12 bits per heavy atom. The van der Waals surface area contributed by atoms with Crippen molar-refractivity contribution in [2.24, 2.45) is 0 Å². The predicted octanol–water partition coefficient (Wildman–Crippen LogP) is 28.2. The summed E-state index contributed by atoms with van der Waals surface area (Å²) in [6, 6.07) is 130. The number of thiophene rings is 2. The molecule has 22 aromatic rings. The number of nitrogens with zero attached hydrogens (tertiary/aromatic N) is 4. The van der Waals surface area contributed by atoms with E-state index < -0.39 is 0 Å². The third kappa shape index (κ3) is 8.96. The summed E-state index contributed by atoms with van der Waals surface area (Å²) in [4.78, 5) is 4.92. The monoisotopic (exact) mass is 1350 g/mol. The molecule has 5 heterocycles. The molecule has 0 saturated carbocycles. The van der Waals surface area contributed by atoms with E-state index in [2.05, 4.69) is 371 Å². The lowest BCUT2D eigenvalue weighted by molar-refractivity contribution is 0.669. The van der Waals surface area contributed by atoms with E-state index in [-0.39, 0.29) is 0 Å². The van der Waals surface area contributed by atoms with Crippen LogP contribution < -0.4 is 9.80 Å². The van der Waals surface area contributed by atoms with E-state index >= 15 is 0 Å². The molecule has 0 atom stereocenters. The van der Waals surface area contributed by atoms with Crippen LogP contribution in [0, 0.1) is 0 Å². The second-order valence-electron chi connectivity index (χ2n) is 27.1. The molecule has 7 heteroatoms. The molecule has 0 fully saturated rings. The van der Waals surface area contributed by atoms with Gasteiger partial charge in [0, 0.05) is 97.4 Å². The van der Waals surface area contributed by atoms with Gasteiger partial charge in [0.1, 0.15) is 11.2 Å². The minimum absolute atomic E-state index is 0.845. The topological polar surface area (TPSA) is 29.5 Å². The van der Waals surface area contributed by atoms with Gasteiger partial charge in [-0.15, -0.1) is 22.7 Å². The third-order valence-electron chi connectivity index (χ3n) is 21.5. The van der Waals surface area contributed by atoms with Crippen LogP contribution in [-0.4, -0.2) is 9.13 Å². The fourth-order valence-corrected chi connectivity index (χ4v) is 19.2. The van der Waals surface area contributed by atoms with E-state index in [1.807, 2.05) is 22.7 Å². The lowest BCUT2D eigenvalue weighted by Crippen LogP contribution is -2.10. The zero-order valence-electron chi connectivity index (χ0n) is 55.5. The van der Waals surface area contributed by atoms with Crippen molar-refractivity contribution in [3.8, 4) is 33.6 Å². The second kappa shape index (κ2) is 22.7. The Morgan fingerprint density at radius 1 is 0.214 bits per heavy atom. The number of furan rings is 1. The minimum atomic E-state index is 0.845. The number of anilines is 6. The average Bonchev–Trinajstić information content (AvgIpc) is 1.72. The van der Waals surface area contributed by atoms with Crippen molar-refractivity contribution in [2.75, 3.05) is 9.80 Å². The summed E-state index contributed by atoms with van der Waals surface area (Å²) < 4.78 is 16.8. The smallest absolute Gasteiger partial charge is 0.136 e. The minimum Gasteiger partial charge on any atom is -0.456 e. The molecule has 22 rings (SSSR count). The Balaban J connectivity index is 0.673. The summed E-state index contributed by atoms with van der Waals surface area (Å²) in [5.74, 6) is 0. The van der Waals surface area contributed by atoms with Crippen molar-refractivity contribution in [1.82, 2.24) is 9.13 Å². The van der Waals surface area contributed by atoms with Crippen LogP contribution in [0.1, 0.15) is 0 Å². The van der Waals surface area contributed by atoms with Gasteiger partial charge in [-0.05, 0) is 206 Å². The molecular formula is C96H58N4OS2. The highest BCUT2D eigenvalue weighted by Gasteiger charge is 2.25. The molecular weight excluding hydrogens is 1290 g/mol. The number of benzene rings is 17.